The predicted octanol–water partition coefficient (Wildman–Crippen LogP) is 2.72. The Balaban J connectivity index is 2.03. The van der Waals surface area contributed by atoms with Gasteiger partial charge >= 0.3 is 0 Å². The minimum Gasteiger partial charge on any atom is -0.495 e. The number of benzene rings is 1. The van der Waals surface area contributed by atoms with Crippen molar-refractivity contribution in [2.45, 2.75) is 18.9 Å². The fraction of sp³-hybridized carbons (Fsp3) is 0.308. The van der Waals surface area contributed by atoms with Crippen LogP contribution in [0.3, 0.4) is 0 Å². The quantitative estimate of drug-likeness (QED) is 0.896. The zero-order valence-electron chi connectivity index (χ0n) is 9.92. The molecule has 0 bridgehead atoms. The van der Waals surface area contributed by atoms with Gasteiger partial charge in [0.2, 0.25) is 0 Å². The second-order valence-electron chi connectivity index (χ2n) is 4.48. The Kier molecular flexibility index (Phi) is 2.67. The van der Waals surface area contributed by atoms with Crippen molar-refractivity contribution in [3.05, 3.63) is 28.9 Å². The number of aromatic amines is 1. The number of ether oxygens (including phenoxy) is 1. The zero-order chi connectivity index (χ0) is 12.7. The molecule has 18 heavy (non-hydrogen) atoms. The molecular formula is C13H13ClN2O2. The van der Waals surface area contributed by atoms with Crippen LogP contribution in [0, 0.1) is 0 Å². The van der Waals surface area contributed by atoms with E-state index in [1.807, 2.05) is 0 Å². The lowest BCUT2D eigenvalue weighted by Crippen LogP contribution is -2.25. The summed E-state index contributed by atoms with van der Waals surface area (Å²) >= 11 is 6.04. The number of H-pyrrole nitrogens is 1. The molecule has 0 atom stereocenters. The van der Waals surface area contributed by atoms with E-state index in [0.717, 1.165) is 23.7 Å². The van der Waals surface area contributed by atoms with Crippen molar-refractivity contribution in [2.24, 2.45) is 0 Å². The van der Waals surface area contributed by atoms with Crippen LogP contribution < -0.4 is 10.1 Å². The molecule has 2 aromatic rings. The number of rotatable bonds is 3. The molecule has 5 heteroatoms. The molecule has 0 unspecified atom stereocenters. The summed E-state index contributed by atoms with van der Waals surface area (Å²) in [6.45, 7) is 0. The van der Waals surface area contributed by atoms with Gasteiger partial charge in [0, 0.05) is 23.1 Å². The molecule has 0 spiro atoms. The van der Waals surface area contributed by atoms with E-state index >= 15 is 0 Å². The summed E-state index contributed by atoms with van der Waals surface area (Å²) in [5.41, 5.74) is 1.47. The molecule has 1 amide bonds. The van der Waals surface area contributed by atoms with Crippen molar-refractivity contribution in [1.82, 2.24) is 10.3 Å². The predicted molar refractivity (Wildman–Crippen MR) is 70.3 cm³/mol. The first kappa shape index (κ1) is 11.4. The molecule has 0 radical (unpaired) electrons. The maximum absolute atomic E-state index is 12.0. The maximum atomic E-state index is 12.0. The lowest BCUT2D eigenvalue weighted by Gasteiger charge is -2.05. The molecular weight excluding hydrogens is 252 g/mol. The van der Waals surface area contributed by atoms with Crippen molar-refractivity contribution in [3.63, 3.8) is 0 Å². The average molecular weight is 265 g/mol. The number of hydrogen-bond acceptors (Lipinski definition) is 2. The second-order valence-corrected chi connectivity index (χ2v) is 4.89. The van der Waals surface area contributed by atoms with E-state index in [-0.39, 0.29) is 5.91 Å². The number of nitrogens with one attached hydrogen (secondary N) is 2. The Morgan fingerprint density at radius 3 is 2.94 bits per heavy atom. The molecule has 1 heterocycles. The second kappa shape index (κ2) is 4.21. The molecule has 0 aliphatic heterocycles. The summed E-state index contributed by atoms with van der Waals surface area (Å²) in [6.07, 6.45) is 3.85. The first-order chi connectivity index (χ1) is 8.69. The zero-order valence-corrected chi connectivity index (χ0v) is 10.7. The topological polar surface area (TPSA) is 54.1 Å². The van der Waals surface area contributed by atoms with Gasteiger partial charge in [-0.05, 0) is 25.0 Å². The van der Waals surface area contributed by atoms with Crippen molar-refractivity contribution >= 4 is 28.4 Å². The van der Waals surface area contributed by atoms with Crippen LogP contribution >= 0.6 is 11.6 Å². The van der Waals surface area contributed by atoms with Gasteiger partial charge in [0.1, 0.15) is 5.75 Å². The number of halogens is 1. The average Bonchev–Trinajstić information content (AvgIpc) is 3.06. The minimum absolute atomic E-state index is 0.0480. The van der Waals surface area contributed by atoms with Gasteiger partial charge < -0.3 is 15.0 Å². The molecule has 1 fully saturated rings. The summed E-state index contributed by atoms with van der Waals surface area (Å²) in [5.74, 6) is 0.525. The number of methoxy groups -OCH3 is 1. The van der Waals surface area contributed by atoms with Gasteiger partial charge in [-0.1, -0.05) is 11.6 Å². The van der Waals surface area contributed by atoms with Crippen molar-refractivity contribution in [2.75, 3.05) is 7.11 Å². The van der Waals surface area contributed by atoms with Gasteiger partial charge in [-0.15, -0.1) is 0 Å². The summed E-state index contributed by atoms with van der Waals surface area (Å²) in [5, 5.41) is 4.32. The van der Waals surface area contributed by atoms with Gasteiger partial charge in [0.05, 0.1) is 17.7 Å². The van der Waals surface area contributed by atoms with Crippen LogP contribution in [0.4, 0.5) is 0 Å². The van der Waals surface area contributed by atoms with Gasteiger partial charge in [-0.25, -0.2) is 0 Å². The van der Waals surface area contributed by atoms with E-state index in [0.29, 0.717) is 22.4 Å². The van der Waals surface area contributed by atoms with Crippen LogP contribution in [0.5, 0.6) is 5.75 Å². The lowest BCUT2D eigenvalue weighted by molar-refractivity contribution is 0.0953. The highest BCUT2D eigenvalue weighted by atomic mass is 35.5. The standard InChI is InChI=1S/C13H13ClN2O2/c1-18-12-4-8-9(13(17)16-7-2-3-7)6-15-11(8)5-10(12)14/h4-7,15H,2-3H2,1H3,(H,16,17). The molecule has 94 valence electrons. The number of carbonyl (C=O) groups is 1. The van der Waals surface area contributed by atoms with E-state index in [1.165, 1.54) is 0 Å². The fourth-order valence-corrected chi connectivity index (χ4v) is 2.20. The monoisotopic (exact) mass is 264 g/mol. The van der Waals surface area contributed by atoms with E-state index in [2.05, 4.69) is 10.3 Å². The van der Waals surface area contributed by atoms with Gasteiger partial charge in [-0.2, -0.15) is 0 Å². The Hall–Kier alpha value is -1.68. The maximum Gasteiger partial charge on any atom is 0.253 e. The van der Waals surface area contributed by atoms with Gasteiger partial charge in [0.25, 0.3) is 5.91 Å². The third kappa shape index (κ3) is 1.93. The normalized spacial score (nSPS) is 14.8. The molecule has 4 nitrogen and oxygen atoms in total. The molecule has 0 saturated heterocycles. The largest absolute Gasteiger partial charge is 0.495 e. The number of carbonyl (C=O) groups excluding carboxylic acids is 1. The SMILES string of the molecule is COc1cc2c(C(=O)NC3CC3)c[nH]c2cc1Cl. The minimum atomic E-state index is -0.0480. The smallest absolute Gasteiger partial charge is 0.253 e. The third-order valence-electron chi connectivity index (χ3n) is 3.11. The van der Waals surface area contributed by atoms with Crippen molar-refractivity contribution in [1.29, 1.82) is 0 Å². The highest BCUT2D eigenvalue weighted by Crippen LogP contribution is 2.31. The molecule has 1 saturated carbocycles. The number of aromatic nitrogens is 1. The van der Waals surface area contributed by atoms with Gasteiger partial charge in [-0.3, -0.25) is 4.79 Å². The van der Waals surface area contributed by atoms with Crippen LogP contribution in [0.1, 0.15) is 23.2 Å². The van der Waals surface area contributed by atoms with Crippen LogP contribution in [-0.2, 0) is 0 Å². The number of amides is 1. The molecule has 2 N–H and O–H groups in total. The van der Waals surface area contributed by atoms with Crippen LogP contribution in [-0.4, -0.2) is 24.0 Å². The van der Waals surface area contributed by atoms with Gasteiger partial charge in [0.15, 0.2) is 0 Å². The van der Waals surface area contributed by atoms with E-state index in [4.69, 9.17) is 16.3 Å². The van der Waals surface area contributed by atoms with E-state index in [1.54, 1.807) is 25.4 Å². The van der Waals surface area contributed by atoms with E-state index in [9.17, 15) is 4.79 Å². The summed E-state index contributed by atoms with van der Waals surface area (Å²) in [4.78, 5) is 15.1. The summed E-state index contributed by atoms with van der Waals surface area (Å²) in [7, 11) is 1.56. The molecule has 1 aliphatic rings. The van der Waals surface area contributed by atoms with Crippen molar-refractivity contribution < 1.29 is 9.53 Å². The van der Waals surface area contributed by atoms with Crippen LogP contribution in [0.2, 0.25) is 5.02 Å². The van der Waals surface area contributed by atoms with Crippen LogP contribution in [0.25, 0.3) is 10.9 Å². The lowest BCUT2D eigenvalue weighted by atomic mass is 10.1. The molecule has 1 aliphatic carbocycles. The van der Waals surface area contributed by atoms with Crippen LogP contribution in [0.15, 0.2) is 18.3 Å². The Labute approximate surface area is 109 Å². The summed E-state index contributed by atoms with van der Waals surface area (Å²) in [6, 6.07) is 3.90. The Morgan fingerprint density at radius 1 is 1.50 bits per heavy atom. The summed E-state index contributed by atoms with van der Waals surface area (Å²) < 4.78 is 5.17. The fourth-order valence-electron chi connectivity index (χ4n) is 1.96. The molecule has 3 rings (SSSR count). The highest BCUT2D eigenvalue weighted by molar-refractivity contribution is 6.33. The highest BCUT2D eigenvalue weighted by Gasteiger charge is 2.25. The van der Waals surface area contributed by atoms with E-state index < -0.39 is 0 Å². The molecule has 1 aromatic carbocycles. The number of hydrogen-bond donors (Lipinski definition) is 2. The third-order valence-corrected chi connectivity index (χ3v) is 3.41. The Bertz CT molecular complexity index is 617. The molecule has 1 aromatic heterocycles. The first-order valence-electron chi connectivity index (χ1n) is 5.84. The Morgan fingerprint density at radius 2 is 2.28 bits per heavy atom. The first-order valence-corrected chi connectivity index (χ1v) is 6.22. The number of fused-ring (bicyclic) bond motifs is 1. The van der Waals surface area contributed by atoms with Crippen molar-refractivity contribution in [3.8, 4) is 5.75 Å².